The van der Waals surface area contributed by atoms with Crippen LogP contribution in [0.4, 0.5) is 4.39 Å². The topological polar surface area (TPSA) is 28.7 Å². The molecule has 0 bridgehead atoms. The molecule has 78 valence electrons. The van der Waals surface area contributed by atoms with Gasteiger partial charge in [-0.25, -0.2) is 4.39 Å². The quantitative estimate of drug-likeness (QED) is 0.818. The van der Waals surface area contributed by atoms with Gasteiger partial charge in [0, 0.05) is 12.1 Å². The summed E-state index contributed by atoms with van der Waals surface area (Å²) in [4.78, 5) is 0. The van der Waals surface area contributed by atoms with Crippen molar-refractivity contribution in [2.45, 2.75) is 19.8 Å². The molecule has 0 atom stereocenters. The van der Waals surface area contributed by atoms with Crippen molar-refractivity contribution in [3.05, 3.63) is 53.1 Å². The van der Waals surface area contributed by atoms with E-state index in [1.807, 2.05) is 6.07 Å². The predicted octanol–water partition coefficient (Wildman–Crippen LogP) is 2.70. The van der Waals surface area contributed by atoms with Crippen molar-refractivity contribution in [3.63, 3.8) is 0 Å². The minimum atomic E-state index is -0.197. The maximum Gasteiger partial charge on any atom is 0.123 e. The van der Waals surface area contributed by atoms with Gasteiger partial charge in [0.1, 0.15) is 5.82 Å². The third-order valence-electron chi connectivity index (χ3n) is 2.35. The summed E-state index contributed by atoms with van der Waals surface area (Å²) < 4.78 is 12.7. The Balaban J connectivity index is 2.11. The lowest BCUT2D eigenvalue weighted by Crippen LogP contribution is -1.88. The summed E-state index contributed by atoms with van der Waals surface area (Å²) in [5.74, 6) is -0.197. The Labute approximate surface area is 88.1 Å². The smallest absolute Gasteiger partial charge is 0.123 e. The molecule has 0 amide bonds. The molecule has 1 aromatic heterocycles. The Bertz CT molecular complexity index is 431. The molecule has 0 aliphatic carbocycles. The average Bonchev–Trinajstić information content (AvgIpc) is 2.69. The molecule has 15 heavy (non-hydrogen) atoms. The van der Waals surface area contributed by atoms with Crippen LogP contribution in [0.1, 0.15) is 23.9 Å². The highest BCUT2D eigenvalue weighted by atomic mass is 19.1. The number of aromatic nitrogens is 2. The minimum absolute atomic E-state index is 0.197. The zero-order valence-corrected chi connectivity index (χ0v) is 8.63. The maximum atomic E-state index is 12.7. The van der Waals surface area contributed by atoms with Gasteiger partial charge in [-0.05, 0) is 30.2 Å². The van der Waals surface area contributed by atoms with Crippen LogP contribution in [-0.2, 0) is 12.8 Å². The van der Waals surface area contributed by atoms with Crippen molar-refractivity contribution in [1.82, 2.24) is 10.2 Å². The van der Waals surface area contributed by atoms with Gasteiger partial charge in [-0.3, -0.25) is 5.10 Å². The number of halogens is 1. The number of hydrogen-bond acceptors (Lipinski definition) is 1. The number of aryl methyl sites for hydroxylation is 1. The summed E-state index contributed by atoms with van der Waals surface area (Å²) in [6, 6.07) is 8.59. The highest BCUT2D eigenvalue weighted by molar-refractivity contribution is 5.22. The summed E-state index contributed by atoms with van der Waals surface area (Å²) in [6.07, 6.45) is 1.70. The van der Waals surface area contributed by atoms with Crippen LogP contribution in [0.15, 0.2) is 30.3 Å². The predicted molar refractivity (Wildman–Crippen MR) is 57.2 cm³/mol. The van der Waals surface area contributed by atoms with Crippen molar-refractivity contribution in [2.75, 3.05) is 0 Å². The van der Waals surface area contributed by atoms with Gasteiger partial charge in [0.15, 0.2) is 0 Å². The zero-order chi connectivity index (χ0) is 10.7. The van der Waals surface area contributed by atoms with Crippen LogP contribution in [0.5, 0.6) is 0 Å². The van der Waals surface area contributed by atoms with Crippen LogP contribution in [0, 0.1) is 5.82 Å². The first-order valence-electron chi connectivity index (χ1n) is 5.05. The van der Waals surface area contributed by atoms with Crippen LogP contribution in [0.2, 0.25) is 0 Å². The Morgan fingerprint density at radius 3 is 2.60 bits per heavy atom. The lowest BCUT2D eigenvalue weighted by atomic mass is 10.1. The molecule has 3 heteroatoms. The fourth-order valence-corrected chi connectivity index (χ4v) is 1.50. The van der Waals surface area contributed by atoms with Crippen molar-refractivity contribution >= 4 is 0 Å². The van der Waals surface area contributed by atoms with Crippen LogP contribution in [0.3, 0.4) is 0 Å². The standard InChI is InChI=1S/C12H13FN2/c1-2-11-8-12(15-14-11)7-9-3-5-10(13)6-4-9/h3-6,8H,2,7H2,1H3,(H,14,15). The molecule has 2 aromatic rings. The van der Waals surface area contributed by atoms with Gasteiger partial charge in [0.2, 0.25) is 0 Å². The summed E-state index contributed by atoms with van der Waals surface area (Å²) in [7, 11) is 0. The van der Waals surface area contributed by atoms with E-state index in [1.165, 1.54) is 12.1 Å². The summed E-state index contributed by atoms with van der Waals surface area (Å²) in [5.41, 5.74) is 3.22. The van der Waals surface area contributed by atoms with Gasteiger partial charge in [0.05, 0.1) is 5.69 Å². The molecule has 0 radical (unpaired) electrons. The normalized spacial score (nSPS) is 10.5. The molecule has 0 fully saturated rings. The van der Waals surface area contributed by atoms with Crippen molar-refractivity contribution in [3.8, 4) is 0 Å². The molecule has 2 nitrogen and oxygen atoms in total. The van der Waals surface area contributed by atoms with E-state index in [0.29, 0.717) is 0 Å². The van der Waals surface area contributed by atoms with Crippen molar-refractivity contribution in [2.24, 2.45) is 0 Å². The fraction of sp³-hybridized carbons (Fsp3) is 0.250. The first-order valence-corrected chi connectivity index (χ1v) is 5.05. The van der Waals surface area contributed by atoms with E-state index < -0.39 is 0 Å². The van der Waals surface area contributed by atoms with E-state index in [2.05, 4.69) is 17.1 Å². The zero-order valence-electron chi connectivity index (χ0n) is 8.63. The van der Waals surface area contributed by atoms with Crippen LogP contribution < -0.4 is 0 Å². The second kappa shape index (κ2) is 4.26. The second-order valence-corrected chi connectivity index (χ2v) is 3.54. The van der Waals surface area contributed by atoms with Crippen molar-refractivity contribution in [1.29, 1.82) is 0 Å². The Hall–Kier alpha value is -1.64. The SMILES string of the molecule is CCc1cc(Cc2ccc(F)cc2)[nH]n1. The molecule has 1 aromatic carbocycles. The third kappa shape index (κ3) is 2.43. The first kappa shape index (κ1) is 9.90. The number of aromatic amines is 1. The van der Waals surface area contributed by atoms with Gasteiger partial charge in [0.25, 0.3) is 0 Å². The molecule has 1 N–H and O–H groups in total. The second-order valence-electron chi connectivity index (χ2n) is 3.54. The lowest BCUT2D eigenvalue weighted by molar-refractivity contribution is 0.627. The number of nitrogens with one attached hydrogen (secondary N) is 1. The van der Waals surface area contributed by atoms with Gasteiger partial charge < -0.3 is 0 Å². The van der Waals surface area contributed by atoms with E-state index in [1.54, 1.807) is 12.1 Å². The highest BCUT2D eigenvalue weighted by Crippen LogP contribution is 2.09. The average molecular weight is 204 g/mol. The Morgan fingerprint density at radius 1 is 1.27 bits per heavy atom. The molecule has 0 saturated carbocycles. The molecular weight excluding hydrogens is 191 g/mol. The molecule has 0 spiro atoms. The molecule has 0 saturated heterocycles. The molecule has 0 aliphatic heterocycles. The number of hydrogen-bond donors (Lipinski definition) is 1. The Kier molecular flexibility index (Phi) is 2.81. The van der Waals surface area contributed by atoms with E-state index in [4.69, 9.17) is 0 Å². The molecule has 2 rings (SSSR count). The number of rotatable bonds is 3. The monoisotopic (exact) mass is 204 g/mol. The minimum Gasteiger partial charge on any atom is -0.282 e. The number of nitrogens with zero attached hydrogens (tertiary/aromatic N) is 1. The fourth-order valence-electron chi connectivity index (χ4n) is 1.50. The number of benzene rings is 1. The molecular formula is C12H13FN2. The molecule has 1 heterocycles. The lowest BCUT2D eigenvalue weighted by Gasteiger charge is -1.97. The van der Waals surface area contributed by atoms with E-state index in [-0.39, 0.29) is 5.82 Å². The van der Waals surface area contributed by atoms with Crippen LogP contribution in [0.25, 0.3) is 0 Å². The van der Waals surface area contributed by atoms with Crippen LogP contribution in [-0.4, -0.2) is 10.2 Å². The summed E-state index contributed by atoms with van der Waals surface area (Å²) in [6.45, 7) is 2.07. The van der Waals surface area contributed by atoms with Crippen molar-refractivity contribution < 1.29 is 4.39 Å². The van der Waals surface area contributed by atoms with Gasteiger partial charge in [-0.15, -0.1) is 0 Å². The summed E-state index contributed by atoms with van der Waals surface area (Å²) in [5, 5.41) is 7.13. The Morgan fingerprint density at radius 2 is 2.00 bits per heavy atom. The number of H-pyrrole nitrogens is 1. The maximum absolute atomic E-state index is 12.7. The van der Waals surface area contributed by atoms with E-state index in [0.717, 1.165) is 29.8 Å². The summed E-state index contributed by atoms with van der Waals surface area (Å²) >= 11 is 0. The highest BCUT2D eigenvalue weighted by Gasteiger charge is 2.00. The van der Waals surface area contributed by atoms with E-state index >= 15 is 0 Å². The van der Waals surface area contributed by atoms with Crippen LogP contribution >= 0.6 is 0 Å². The van der Waals surface area contributed by atoms with E-state index in [9.17, 15) is 4.39 Å². The van der Waals surface area contributed by atoms with Gasteiger partial charge in [-0.1, -0.05) is 19.1 Å². The molecule has 0 aliphatic rings. The molecule has 0 unspecified atom stereocenters. The largest absolute Gasteiger partial charge is 0.282 e. The van der Waals surface area contributed by atoms with Gasteiger partial charge in [-0.2, -0.15) is 5.10 Å². The first-order chi connectivity index (χ1) is 7.28. The third-order valence-corrected chi connectivity index (χ3v) is 2.35. The van der Waals surface area contributed by atoms with Gasteiger partial charge >= 0.3 is 0 Å².